The summed E-state index contributed by atoms with van der Waals surface area (Å²) in [5, 5.41) is 3.32. The fourth-order valence-electron chi connectivity index (χ4n) is 2.96. The first-order valence-electron chi connectivity index (χ1n) is 8.13. The van der Waals surface area contributed by atoms with Gasteiger partial charge in [0.1, 0.15) is 5.76 Å². The number of nitrogens with one attached hydrogen (secondary N) is 1. The number of halogens is 2. The molecule has 1 fully saturated rings. The van der Waals surface area contributed by atoms with Crippen molar-refractivity contribution in [1.82, 2.24) is 15.2 Å². The number of nitrogens with zero attached hydrogens (tertiary/aromatic N) is 2. The lowest BCUT2D eigenvalue weighted by atomic mass is 10.0. The highest BCUT2D eigenvalue weighted by Gasteiger charge is 2.23. The van der Waals surface area contributed by atoms with Crippen LogP contribution in [0.25, 0.3) is 11.5 Å². The number of aromatic nitrogens is 1. The van der Waals surface area contributed by atoms with Crippen molar-refractivity contribution in [2.24, 2.45) is 0 Å². The van der Waals surface area contributed by atoms with Crippen molar-refractivity contribution in [2.75, 3.05) is 20.1 Å². The predicted molar refractivity (Wildman–Crippen MR) is 104 cm³/mol. The highest BCUT2D eigenvalue weighted by molar-refractivity contribution is 5.85. The summed E-state index contributed by atoms with van der Waals surface area (Å²) in [7, 11) is 1.89. The molecule has 1 aliphatic rings. The predicted octanol–water partition coefficient (Wildman–Crippen LogP) is 3.25. The molecule has 1 aromatic carbocycles. The zero-order chi connectivity index (χ0) is 16.2. The van der Waals surface area contributed by atoms with Gasteiger partial charge in [0.2, 0.25) is 11.8 Å². The van der Waals surface area contributed by atoms with Crippen LogP contribution in [0, 0.1) is 6.92 Å². The smallest absolute Gasteiger partial charge is 0.228 e. The highest BCUT2D eigenvalue weighted by atomic mass is 35.5. The van der Waals surface area contributed by atoms with Crippen molar-refractivity contribution < 1.29 is 9.21 Å². The minimum atomic E-state index is 0. The van der Waals surface area contributed by atoms with Crippen LogP contribution in [0.4, 0.5) is 0 Å². The third kappa shape index (κ3) is 5.21. The normalized spacial score (nSPS) is 14.3. The van der Waals surface area contributed by atoms with Crippen LogP contribution in [0.1, 0.15) is 24.3 Å². The fourth-order valence-corrected chi connectivity index (χ4v) is 2.96. The Bertz CT molecular complexity index is 670. The molecule has 0 aliphatic carbocycles. The third-order valence-corrected chi connectivity index (χ3v) is 4.48. The second-order valence-corrected chi connectivity index (χ2v) is 6.05. The fraction of sp³-hybridized carbons (Fsp3) is 0.444. The van der Waals surface area contributed by atoms with E-state index in [2.05, 4.69) is 10.3 Å². The molecule has 0 bridgehead atoms. The van der Waals surface area contributed by atoms with Gasteiger partial charge >= 0.3 is 0 Å². The van der Waals surface area contributed by atoms with Gasteiger partial charge in [-0.15, -0.1) is 24.8 Å². The van der Waals surface area contributed by atoms with E-state index in [-0.39, 0.29) is 30.7 Å². The Hall–Kier alpha value is -1.56. The van der Waals surface area contributed by atoms with E-state index in [0.717, 1.165) is 42.9 Å². The number of aryl methyl sites for hydroxylation is 1. The summed E-state index contributed by atoms with van der Waals surface area (Å²) in [4.78, 5) is 18.9. The molecule has 2 heterocycles. The number of hydrogen-bond acceptors (Lipinski definition) is 4. The maximum atomic E-state index is 12.5. The van der Waals surface area contributed by atoms with Crippen LogP contribution in [0.3, 0.4) is 0 Å². The number of likely N-dealkylation sites (N-methyl/N-ethyl adjacent to an activating group) is 1. The molecule has 3 rings (SSSR count). The number of carbonyl (C=O) groups is 1. The van der Waals surface area contributed by atoms with Crippen LogP contribution in [0.2, 0.25) is 0 Å². The lowest BCUT2D eigenvalue weighted by Gasteiger charge is -2.31. The molecule has 25 heavy (non-hydrogen) atoms. The summed E-state index contributed by atoms with van der Waals surface area (Å²) in [5.74, 6) is 1.40. The van der Waals surface area contributed by atoms with E-state index in [1.54, 1.807) is 0 Å². The molecule has 0 spiro atoms. The van der Waals surface area contributed by atoms with Gasteiger partial charge in [0, 0.05) is 18.7 Å². The van der Waals surface area contributed by atoms with Crippen LogP contribution in [0.5, 0.6) is 0 Å². The molecule has 7 heteroatoms. The SMILES string of the molecule is Cc1oc(-c2ccccc2)nc1CC(=O)N(C)C1CCNCC1.Cl.Cl. The number of hydrogen-bond donors (Lipinski definition) is 1. The Kier molecular flexibility index (Phi) is 8.42. The molecule has 1 saturated heterocycles. The van der Waals surface area contributed by atoms with E-state index in [1.165, 1.54) is 0 Å². The molecular formula is C18H25Cl2N3O2. The maximum Gasteiger partial charge on any atom is 0.228 e. The van der Waals surface area contributed by atoms with Gasteiger partial charge in [-0.25, -0.2) is 4.98 Å². The Morgan fingerprint density at radius 2 is 1.88 bits per heavy atom. The number of benzene rings is 1. The van der Waals surface area contributed by atoms with Crippen molar-refractivity contribution in [3.05, 3.63) is 41.8 Å². The summed E-state index contributed by atoms with van der Waals surface area (Å²) in [6, 6.07) is 10.1. The van der Waals surface area contributed by atoms with Gasteiger partial charge in [0.25, 0.3) is 0 Å². The van der Waals surface area contributed by atoms with Gasteiger partial charge < -0.3 is 14.6 Å². The van der Waals surface area contributed by atoms with Crippen molar-refractivity contribution in [3.63, 3.8) is 0 Å². The average molecular weight is 386 g/mol. The van der Waals surface area contributed by atoms with E-state index >= 15 is 0 Å². The third-order valence-electron chi connectivity index (χ3n) is 4.48. The standard InChI is InChI=1S/C18H23N3O2.2ClH/c1-13-16(20-18(23-13)14-6-4-3-5-7-14)12-17(22)21(2)15-8-10-19-11-9-15;;/h3-7,15,19H,8-12H2,1-2H3;2*1H. The molecule has 2 aromatic rings. The lowest BCUT2D eigenvalue weighted by Crippen LogP contribution is -2.44. The van der Waals surface area contributed by atoms with Crippen LogP contribution >= 0.6 is 24.8 Å². The molecule has 0 atom stereocenters. The topological polar surface area (TPSA) is 58.4 Å². The van der Waals surface area contributed by atoms with Crippen molar-refractivity contribution >= 4 is 30.7 Å². The van der Waals surface area contributed by atoms with Gasteiger partial charge in [-0.1, -0.05) is 18.2 Å². The summed E-state index contributed by atoms with van der Waals surface area (Å²) in [5.41, 5.74) is 1.66. The van der Waals surface area contributed by atoms with Gasteiger partial charge in [-0.2, -0.15) is 0 Å². The molecular weight excluding hydrogens is 361 g/mol. The molecule has 1 amide bonds. The van der Waals surface area contributed by atoms with Crippen LogP contribution in [-0.2, 0) is 11.2 Å². The van der Waals surface area contributed by atoms with E-state index in [1.807, 2.05) is 49.2 Å². The molecule has 1 aromatic heterocycles. The Balaban J connectivity index is 0.00000156. The van der Waals surface area contributed by atoms with Crippen molar-refractivity contribution in [3.8, 4) is 11.5 Å². The van der Waals surface area contributed by atoms with Crippen LogP contribution < -0.4 is 5.32 Å². The number of oxazole rings is 1. The summed E-state index contributed by atoms with van der Waals surface area (Å²) < 4.78 is 5.73. The minimum Gasteiger partial charge on any atom is -0.441 e. The molecule has 1 N–H and O–H groups in total. The van der Waals surface area contributed by atoms with E-state index in [0.29, 0.717) is 18.4 Å². The molecule has 138 valence electrons. The Morgan fingerprint density at radius 1 is 1.24 bits per heavy atom. The van der Waals surface area contributed by atoms with Crippen LogP contribution in [-0.4, -0.2) is 42.0 Å². The molecule has 0 unspecified atom stereocenters. The van der Waals surface area contributed by atoms with Gasteiger partial charge in [-0.05, 0) is 45.0 Å². The monoisotopic (exact) mass is 385 g/mol. The van der Waals surface area contributed by atoms with E-state index in [4.69, 9.17) is 4.42 Å². The number of rotatable bonds is 4. The molecule has 1 aliphatic heterocycles. The van der Waals surface area contributed by atoms with E-state index < -0.39 is 0 Å². The summed E-state index contributed by atoms with van der Waals surface area (Å²) in [6.07, 6.45) is 2.31. The van der Waals surface area contributed by atoms with Crippen LogP contribution in [0.15, 0.2) is 34.7 Å². The Labute approximate surface area is 161 Å². The lowest BCUT2D eigenvalue weighted by molar-refractivity contribution is -0.131. The summed E-state index contributed by atoms with van der Waals surface area (Å²) in [6.45, 7) is 3.82. The maximum absolute atomic E-state index is 12.5. The van der Waals surface area contributed by atoms with Gasteiger partial charge in [-0.3, -0.25) is 4.79 Å². The molecule has 0 saturated carbocycles. The molecule has 5 nitrogen and oxygen atoms in total. The second kappa shape index (κ2) is 9.80. The quantitative estimate of drug-likeness (QED) is 0.877. The number of piperidine rings is 1. The average Bonchev–Trinajstić information content (AvgIpc) is 2.96. The number of carbonyl (C=O) groups excluding carboxylic acids is 1. The van der Waals surface area contributed by atoms with Crippen molar-refractivity contribution in [1.29, 1.82) is 0 Å². The van der Waals surface area contributed by atoms with Gasteiger partial charge in [0.15, 0.2) is 0 Å². The summed E-state index contributed by atoms with van der Waals surface area (Å²) >= 11 is 0. The van der Waals surface area contributed by atoms with E-state index in [9.17, 15) is 4.79 Å². The van der Waals surface area contributed by atoms with Gasteiger partial charge in [0.05, 0.1) is 12.1 Å². The zero-order valence-electron chi connectivity index (χ0n) is 14.5. The van der Waals surface area contributed by atoms with Crippen molar-refractivity contribution in [2.45, 2.75) is 32.2 Å². The second-order valence-electron chi connectivity index (χ2n) is 6.05. The highest BCUT2D eigenvalue weighted by Crippen LogP contribution is 2.22. The minimum absolute atomic E-state index is 0. The first-order chi connectivity index (χ1) is 11.1. The number of amides is 1. The molecule has 0 radical (unpaired) electrons. The zero-order valence-corrected chi connectivity index (χ0v) is 16.2. The largest absolute Gasteiger partial charge is 0.441 e. The first-order valence-corrected chi connectivity index (χ1v) is 8.13. The first kappa shape index (κ1) is 21.5. The Morgan fingerprint density at radius 3 is 2.52 bits per heavy atom.